The van der Waals surface area contributed by atoms with E-state index in [2.05, 4.69) is 0 Å². The van der Waals surface area contributed by atoms with Gasteiger partial charge in [-0.3, -0.25) is 0 Å². The van der Waals surface area contributed by atoms with Crippen LogP contribution in [0.4, 0.5) is 11.4 Å². The number of hydrogen-bond acceptors (Lipinski definition) is 5. The number of phenols is 2. The number of aromatic hydroxyl groups is 2. The summed E-state index contributed by atoms with van der Waals surface area (Å²) in [5, 5.41) is 19.3. The van der Waals surface area contributed by atoms with E-state index >= 15 is 0 Å². The molecule has 6 N–H and O–H groups in total. The number of hydrogen-bond donors (Lipinski definition) is 4. The molecule has 0 saturated carbocycles. The van der Waals surface area contributed by atoms with Gasteiger partial charge in [-0.25, -0.2) is 0 Å². The molecular formula is C12H12N2O2S. The molecule has 0 amide bonds. The van der Waals surface area contributed by atoms with Gasteiger partial charge in [-0.05, 0) is 36.4 Å². The summed E-state index contributed by atoms with van der Waals surface area (Å²) in [5.41, 5.74) is 12.4. The molecule has 0 heterocycles. The maximum atomic E-state index is 9.67. The Bertz CT molecular complexity index is 509. The van der Waals surface area contributed by atoms with Gasteiger partial charge in [0.25, 0.3) is 0 Å². The van der Waals surface area contributed by atoms with Gasteiger partial charge in [0.15, 0.2) is 0 Å². The maximum absolute atomic E-state index is 9.67. The Labute approximate surface area is 103 Å². The summed E-state index contributed by atoms with van der Waals surface area (Å²) >= 11 is 1.21. The zero-order valence-corrected chi connectivity index (χ0v) is 9.74. The van der Waals surface area contributed by atoms with E-state index in [1.807, 2.05) is 0 Å². The average molecular weight is 248 g/mol. The predicted molar refractivity (Wildman–Crippen MR) is 69.2 cm³/mol. The summed E-state index contributed by atoms with van der Waals surface area (Å²) < 4.78 is 0. The molecule has 0 fully saturated rings. The van der Waals surface area contributed by atoms with Crippen molar-refractivity contribution in [3.63, 3.8) is 0 Å². The minimum absolute atomic E-state index is 0.117. The van der Waals surface area contributed by atoms with Gasteiger partial charge in [0.05, 0.1) is 9.79 Å². The molecule has 0 saturated heterocycles. The van der Waals surface area contributed by atoms with Crippen molar-refractivity contribution in [1.82, 2.24) is 0 Å². The molecule has 17 heavy (non-hydrogen) atoms. The van der Waals surface area contributed by atoms with Gasteiger partial charge in [0.1, 0.15) is 11.5 Å². The van der Waals surface area contributed by atoms with E-state index in [1.54, 1.807) is 24.3 Å². The van der Waals surface area contributed by atoms with Crippen molar-refractivity contribution in [1.29, 1.82) is 0 Å². The van der Waals surface area contributed by atoms with Crippen LogP contribution in [0.1, 0.15) is 0 Å². The fourth-order valence-corrected chi connectivity index (χ4v) is 2.32. The molecule has 0 bridgehead atoms. The molecule has 88 valence electrons. The van der Waals surface area contributed by atoms with Crippen molar-refractivity contribution in [2.24, 2.45) is 0 Å². The standard InChI is InChI=1S/C12H12N2O2S/c13-7-1-3-9(15)11(5-7)17-12-6-8(14)2-4-10(12)16/h1-6,15-16H,13-14H2. The molecule has 2 rings (SSSR count). The summed E-state index contributed by atoms with van der Waals surface area (Å²) in [6.07, 6.45) is 0. The van der Waals surface area contributed by atoms with E-state index in [-0.39, 0.29) is 11.5 Å². The molecule has 5 heteroatoms. The quantitative estimate of drug-likeness (QED) is 0.484. The van der Waals surface area contributed by atoms with Gasteiger partial charge < -0.3 is 21.7 Å². The highest BCUT2D eigenvalue weighted by atomic mass is 32.2. The highest BCUT2D eigenvalue weighted by Gasteiger charge is 2.08. The molecule has 0 radical (unpaired) electrons. The molecule has 4 nitrogen and oxygen atoms in total. The van der Waals surface area contributed by atoms with Gasteiger partial charge >= 0.3 is 0 Å². The molecule has 0 spiro atoms. The number of phenolic OH excluding ortho intramolecular Hbond substituents is 2. The normalized spacial score (nSPS) is 10.4. The number of anilines is 2. The SMILES string of the molecule is Nc1ccc(O)c(Sc2cc(N)ccc2O)c1. The monoisotopic (exact) mass is 248 g/mol. The van der Waals surface area contributed by atoms with Crippen LogP contribution in [0.5, 0.6) is 11.5 Å². The lowest BCUT2D eigenvalue weighted by atomic mass is 10.3. The first kappa shape index (κ1) is 11.5. The molecule has 0 atom stereocenters. The van der Waals surface area contributed by atoms with Crippen molar-refractivity contribution < 1.29 is 10.2 Å². The first-order valence-corrected chi connectivity index (χ1v) is 5.73. The predicted octanol–water partition coefficient (Wildman–Crippen LogP) is 2.41. The minimum Gasteiger partial charge on any atom is -0.507 e. The Balaban J connectivity index is 2.37. The topological polar surface area (TPSA) is 92.5 Å². The number of rotatable bonds is 2. The van der Waals surface area contributed by atoms with Crippen LogP contribution in [-0.2, 0) is 0 Å². The number of benzene rings is 2. The molecule has 0 unspecified atom stereocenters. The van der Waals surface area contributed by atoms with Crippen LogP contribution in [0.3, 0.4) is 0 Å². The lowest BCUT2D eigenvalue weighted by Crippen LogP contribution is -1.87. The molecular weight excluding hydrogens is 236 g/mol. The van der Waals surface area contributed by atoms with Gasteiger partial charge in [-0.2, -0.15) is 0 Å². The lowest BCUT2D eigenvalue weighted by molar-refractivity contribution is 0.460. The molecule has 0 aliphatic carbocycles. The molecule has 0 aliphatic rings. The largest absolute Gasteiger partial charge is 0.507 e. The average Bonchev–Trinajstić information content (AvgIpc) is 2.28. The van der Waals surface area contributed by atoms with Gasteiger partial charge in [-0.1, -0.05) is 11.8 Å². The number of nitrogen functional groups attached to an aromatic ring is 2. The summed E-state index contributed by atoms with van der Waals surface area (Å²) in [7, 11) is 0. The van der Waals surface area contributed by atoms with Crippen molar-refractivity contribution in [2.75, 3.05) is 11.5 Å². The fraction of sp³-hybridized carbons (Fsp3) is 0. The first-order chi connectivity index (χ1) is 8.06. The molecule has 0 aliphatic heterocycles. The zero-order valence-electron chi connectivity index (χ0n) is 8.92. The van der Waals surface area contributed by atoms with Gasteiger partial charge in [0.2, 0.25) is 0 Å². The van der Waals surface area contributed by atoms with Crippen LogP contribution < -0.4 is 11.5 Å². The lowest BCUT2D eigenvalue weighted by Gasteiger charge is -2.07. The Morgan fingerprint density at radius 3 is 1.59 bits per heavy atom. The third-order valence-electron chi connectivity index (χ3n) is 2.19. The van der Waals surface area contributed by atoms with Crippen molar-refractivity contribution >= 4 is 23.1 Å². The van der Waals surface area contributed by atoms with Crippen LogP contribution >= 0.6 is 11.8 Å². The Kier molecular flexibility index (Phi) is 3.01. The highest BCUT2D eigenvalue weighted by Crippen LogP contribution is 2.40. The summed E-state index contributed by atoms with van der Waals surface area (Å²) in [5.74, 6) is 0.233. The summed E-state index contributed by atoms with van der Waals surface area (Å²) in [4.78, 5) is 1.15. The van der Waals surface area contributed by atoms with E-state index < -0.39 is 0 Å². The fourth-order valence-electron chi connectivity index (χ4n) is 1.34. The van der Waals surface area contributed by atoms with Crippen molar-refractivity contribution in [3.8, 4) is 11.5 Å². The Morgan fingerprint density at radius 2 is 1.18 bits per heavy atom. The van der Waals surface area contributed by atoms with Crippen molar-refractivity contribution in [3.05, 3.63) is 36.4 Å². The van der Waals surface area contributed by atoms with E-state index in [0.29, 0.717) is 21.2 Å². The van der Waals surface area contributed by atoms with Crippen LogP contribution in [-0.4, -0.2) is 10.2 Å². The maximum Gasteiger partial charge on any atom is 0.129 e. The van der Waals surface area contributed by atoms with Crippen LogP contribution in [0, 0.1) is 0 Å². The van der Waals surface area contributed by atoms with Crippen molar-refractivity contribution in [2.45, 2.75) is 9.79 Å². The smallest absolute Gasteiger partial charge is 0.129 e. The molecule has 0 aromatic heterocycles. The van der Waals surface area contributed by atoms with Crippen LogP contribution in [0.25, 0.3) is 0 Å². The van der Waals surface area contributed by atoms with Gasteiger partial charge in [-0.15, -0.1) is 0 Å². The second-order valence-corrected chi connectivity index (χ2v) is 4.64. The summed E-state index contributed by atoms with van der Waals surface area (Å²) in [6.45, 7) is 0. The Morgan fingerprint density at radius 1 is 0.765 bits per heavy atom. The number of nitrogens with two attached hydrogens (primary N) is 2. The van der Waals surface area contributed by atoms with E-state index in [9.17, 15) is 10.2 Å². The van der Waals surface area contributed by atoms with E-state index in [1.165, 1.54) is 23.9 Å². The van der Waals surface area contributed by atoms with E-state index in [4.69, 9.17) is 11.5 Å². The third-order valence-corrected chi connectivity index (χ3v) is 3.28. The Hall–Kier alpha value is -2.01. The second kappa shape index (κ2) is 4.47. The first-order valence-electron chi connectivity index (χ1n) is 4.91. The molecule has 2 aromatic carbocycles. The van der Waals surface area contributed by atoms with Gasteiger partial charge in [0, 0.05) is 11.4 Å². The highest BCUT2D eigenvalue weighted by molar-refractivity contribution is 7.99. The minimum atomic E-state index is 0.117. The second-order valence-electron chi connectivity index (χ2n) is 3.56. The van der Waals surface area contributed by atoms with E-state index in [0.717, 1.165) is 0 Å². The zero-order chi connectivity index (χ0) is 12.4. The van der Waals surface area contributed by atoms with Crippen LogP contribution in [0.2, 0.25) is 0 Å². The third kappa shape index (κ3) is 2.57. The van der Waals surface area contributed by atoms with Crippen LogP contribution in [0.15, 0.2) is 46.2 Å². The molecule has 2 aromatic rings. The summed E-state index contributed by atoms with van der Waals surface area (Å²) in [6, 6.07) is 9.53.